The van der Waals surface area contributed by atoms with Crippen molar-refractivity contribution < 1.29 is 5.11 Å². The van der Waals surface area contributed by atoms with Crippen LogP contribution in [0.5, 0.6) is 0 Å². The van der Waals surface area contributed by atoms with Gasteiger partial charge in [-0.2, -0.15) is 0 Å². The number of rotatable bonds is 3. The number of anilines is 1. The standard InChI is InChI=1S/C15H24N2O/c1-12(13-6-5-7-14(16)10-13)17-9-4-2-3-8-15(17)11-18/h5-7,10,12,15,18H,2-4,8-9,11,16H2,1H3. The van der Waals surface area contributed by atoms with Crippen molar-refractivity contribution in [2.75, 3.05) is 18.9 Å². The third-order valence-corrected chi connectivity index (χ3v) is 4.02. The third-order valence-electron chi connectivity index (χ3n) is 4.02. The zero-order valence-electron chi connectivity index (χ0n) is 11.2. The van der Waals surface area contributed by atoms with E-state index in [9.17, 15) is 5.11 Å². The van der Waals surface area contributed by atoms with Gasteiger partial charge in [0.2, 0.25) is 0 Å². The fourth-order valence-corrected chi connectivity index (χ4v) is 2.92. The molecule has 1 aromatic rings. The van der Waals surface area contributed by atoms with Crippen LogP contribution in [0.1, 0.15) is 44.2 Å². The van der Waals surface area contributed by atoms with E-state index in [0.717, 1.165) is 18.7 Å². The normalized spacial score (nSPS) is 23.6. The zero-order valence-corrected chi connectivity index (χ0v) is 11.2. The van der Waals surface area contributed by atoms with Gasteiger partial charge in [-0.3, -0.25) is 4.90 Å². The Morgan fingerprint density at radius 3 is 2.94 bits per heavy atom. The molecule has 3 N–H and O–H groups in total. The molecule has 0 saturated carbocycles. The Morgan fingerprint density at radius 2 is 2.22 bits per heavy atom. The minimum atomic E-state index is 0.257. The second-order valence-corrected chi connectivity index (χ2v) is 5.27. The second kappa shape index (κ2) is 6.21. The minimum absolute atomic E-state index is 0.257. The molecule has 100 valence electrons. The molecule has 0 spiro atoms. The summed E-state index contributed by atoms with van der Waals surface area (Å²) in [7, 11) is 0. The first-order chi connectivity index (χ1) is 8.72. The monoisotopic (exact) mass is 248 g/mol. The highest BCUT2D eigenvalue weighted by Gasteiger charge is 2.25. The number of benzene rings is 1. The lowest BCUT2D eigenvalue weighted by atomic mass is 10.0. The Hall–Kier alpha value is -1.06. The molecule has 0 aromatic heterocycles. The van der Waals surface area contributed by atoms with Crippen LogP contribution in [0.3, 0.4) is 0 Å². The molecule has 0 amide bonds. The van der Waals surface area contributed by atoms with Crippen LogP contribution >= 0.6 is 0 Å². The minimum Gasteiger partial charge on any atom is -0.399 e. The highest BCUT2D eigenvalue weighted by Crippen LogP contribution is 2.28. The van der Waals surface area contributed by atoms with Crippen LogP contribution in [0.4, 0.5) is 5.69 Å². The van der Waals surface area contributed by atoms with Crippen LogP contribution in [-0.4, -0.2) is 29.2 Å². The predicted octanol–water partition coefficient (Wildman–Crippen LogP) is 2.57. The number of nitrogens with two attached hydrogens (primary N) is 1. The first-order valence-electron chi connectivity index (χ1n) is 6.94. The molecule has 0 bridgehead atoms. The van der Waals surface area contributed by atoms with Gasteiger partial charge in [0.25, 0.3) is 0 Å². The summed E-state index contributed by atoms with van der Waals surface area (Å²) in [4.78, 5) is 2.43. The molecule has 0 aliphatic carbocycles. The summed E-state index contributed by atoms with van der Waals surface area (Å²) in [6, 6.07) is 8.71. The molecular weight excluding hydrogens is 224 g/mol. The lowest BCUT2D eigenvalue weighted by Crippen LogP contribution is -2.39. The van der Waals surface area contributed by atoms with Crippen LogP contribution in [0.25, 0.3) is 0 Å². The van der Waals surface area contributed by atoms with E-state index in [2.05, 4.69) is 17.9 Å². The summed E-state index contributed by atoms with van der Waals surface area (Å²) >= 11 is 0. The lowest BCUT2D eigenvalue weighted by Gasteiger charge is -2.34. The summed E-state index contributed by atoms with van der Waals surface area (Å²) < 4.78 is 0. The second-order valence-electron chi connectivity index (χ2n) is 5.27. The van der Waals surface area contributed by atoms with Crippen molar-refractivity contribution in [1.82, 2.24) is 4.90 Å². The summed E-state index contributed by atoms with van der Waals surface area (Å²) in [6.07, 6.45) is 4.83. The SMILES string of the molecule is CC(c1cccc(N)c1)N1CCCCCC1CO. The van der Waals surface area contributed by atoms with E-state index in [0.29, 0.717) is 12.1 Å². The number of nitrogen functional groups attached to an aromatic ring is 1. The van der Waals surface area contributed by atoms with Crippen LogP contribution in [0.2, 0.25) is 0 Å². The molecule has 2 rings (SSSR count). The van der Waals surface area contributed by atoms with E-state index in [-0.39, 0.29) is 6.61 Å². The summed E-state index contributed by atoms with van der Waals surface area (Å²) in [5.74, 6) is 0. The molecule has 1 aliphatic heterocycles. The smallest absolute Gasteiger partial charge is 0.0587 e. The van der Waals surface area contributed by atoms with Crippen molar-refractivity contribution in [3.8, 4) is 0 Å². The molecule has 1 heterocycles. The van der Waals surface area contributed by atoms with Gasteiger partial charge in [0.05, 0.1) is 6.61 Å². The van der Waals surface area contributed by atoms with E-state index in [4.69, 9.17) is 5.73 Å². The highest BCUT2D eigenvalue weighted by atomic mass is 16.3. The Balaban J connectivity index is 2.16. The Labute approximate surface area is 110 Å². The molecule has 3 nitrogen and oxygen atoms in total. The van der Waals surface area contributed by atoms with Crippen molar-refractivity contribution in [3.63, 3.8) is 0 Å². The maximum absolute atomic E-state index is 9.57. The average molecular weight is 248 g/mol. The largest absolute Gasteiger partial charge is 0.399 e. The van der Waals surface area contributed by atoms with E-state index >= 15 is 0 Å². The van der Waals surface area contributed by atoms with Gasteiger partial charge in [-0.15, -0.1) is 0 Å². The Morgan fingerprint density at radius 1 is 1.39 bits per heavy atom. The van der Waals surface area contributed by atoms with Gasteiger partial charge in [-0.1, -0.05) is 25.0 Å². The van der Waals surface area contributed by atoms with E-state index in [1.165, 1.54) is 24.8 Å². The number of hydrogen-bond donors (Lipinski definition) is 2. The molecule has 1 aromatic carbocycles. The highest BCUT2D eigenvalue weighted by molar-refractivity contribution is 5.41. The van der Waals surface area contributed by atoms with Crippen LogP contribution in [0.15, 0.2) is 24.3 Å². The number of aliphatic hydroxyl groups excluding tert-OH is 1. The molecule has 18 heavy (non-hydrogen) atoms. The predicted molar refractivity (Wildman–Crippen MR) is 75.3 cm³/mol. The zero-order chi connectivity index (χ0) is 13.0. The van der Waals surface area contributed by atoms with Gasteiger partial charge in [0.15, 0.2) is 0 Å². The van der Waals surface area contributed by atoms with Crippen molar-refractivity contribution in [3.05, 3.63) is 29.8 Å². The maximum Gasteiger partial charge on any atom is 0.0587 e. The maximum atomic E-state index is 9.57. The number of aliphatic hydroxyl groups is 1. The van der Waals surface area contributed by atoms with E-state index < -0.39 is 0 Å². The molecule has 0 radical (unpaired) electrons. The molecule has 3 heteroatoms. The molecule has 1 fully saturated rings. The molecule has 2 unspecified atom stereocenters. The van der Waals surface area contributed by atoms with Gasteiger partial charge in [-0.25, -0.2) is 0 Å². The average Bonchev–Trinajstić information content (AvgIpc) is 2.62. The van der Waals surface area contributed by atoms with Crippen molar-refractivity contribution in [2.24, 2.45) is 0 Å². The fourth-order valence-electron chi connectivity index (χ4n) is 2.92. The summed E-state index contributed by atoms with van der Waals surface area (Å²) in [5, 5.41) is 9.57. The van der Waals surface area contributed by atoms with Crippen molar-refractivity contribution in [1.29, 1.82) is 0 Å². The number of likely N-dealkylation sites (tertiary alicyclic amines) is 1. The molecule has 1 saturated heterocycles. The van der Waals surface area contributed by atoms with Gasteiger partial charge in [0, 0.05) is 17.8 Å². The van der Waals surface area contributed by atoms with E-state index in [1.54, 1.807) is 0 Å². The van der Waals surface area contributed by atoms with Crippen molar-refractivity contribution in [2.45, 2.75) is 44.7 Å². The van der Waals surface area contributed by atoms with Crippen LogP contribution in [0, 0.1) is 0 Å². The Bertz CT molecular complexity index is 381. The van der Waals surface area contributed by atoms with Gasteiger partial charge >= 0.3 is 0 Å². The molecule has 2 atom stereocenters. The quantitative estimate of drug-likeness (QED) is 0.808. The molecule has 1 aliphatic rings. The van der Waals surface area contributed by atoms with Crippen molar-refractivity contribution >= 4 is 5.69 Å². The summed E-state index contributed by atoms with van der Waals surface area (Å²) in [6.45, 7) is 3.54. The third kappa shape index (κ3) is 3.03. The van der Waals surface area contributed by atoms with E-state index in [1.807, 2.05) is 18.2 Å². The fraction of sp³-hybridized carbons (Fsp3) is 0.600. The number of hydrogen-bond acceptors (Lipinski definition) is 3. The lowest BCUT2D eigenvalue weighted by molar-refractivity contribution is 0.0911. The van der Waals surface area contributed by atoms with Gasteiger partial charge in [0.1, 0.15) is 0 Å². The first-order valence-corrected chi connectivity index (χ1v) is 6.94. The van der Waals surface area contributed by atoms with Gasteiger partial charge in [-0.05, 0) is 44.0 Å². The van der Waals surface area contributed by atoms with Crippen LogP contribution < -0.4 is 5.73 Å². The first kappa shape index (κ1) is 13.4. The summed E-state index contributed by atoms with van der Waals surface area (Å²) in [5.41, 5.74) is 7.92. The van der Waals surface area contributed by atoms with Crippen LogP contribution in [-0.2, 0) is 0 Å². The molecular formula is C15H24N2O. The Kier molecular flexibility index (Phi) is 4.61. The topological polar surface area (TPSA) is 49.5 Å². The number of nitrogens with zero attached hydrogens (tertiary/aromatic N) is 1. The van der Waals surface area contributed by atoms with Gasteiger partial charge < -0.3 is 10.8 Å².